The van der Waals surface area contributed by atoms with Gasteiger partial charge < -0.3 is 5.32 Å². The molecule has 2 aromatic carbocycles. The number of aromatic nitrogens is 3. The third-order valence-electron chi connectivity index (χ3n) is 4.46. The van der Waals surface area contributed by atoms with Gasteiger partial charge in [0.15, 0.2) is 17.0 Å². The summed E-state index contributed by atoms with van der Waals surface area (Å²) in [5.41, 5.74) is -0.312. The van der Waals surface area contributed by atoms with Gasteiger partial charge >= 0.3 is 6.18 Å². The van der Waals surface area contributed by atoms with Crippen LogP contribution in [0.15, 0.2) is 60.7 Å². The number of benzene rings is 2. The van der Waals surface area contributed by atoms with Gasteiger partial charge in [-0.2, -0.15) is 18.3 Å². The standard InChI is InChI=1S/C21H13ClF4N4O/c22-14-5-3-13(4-6-14)16-9-18(21(24,25)26)30-19(28-16)10-17(29-30)20(31)27-11-12-1-7-15(23)8-2-12/h1-10H,11H2,(H,27,31). The van der Waals surface area contributed by atoms with Crippen LogP contribution in [0.1, 0.15) is 21.7 Å². The molecule has 0 radical (unpaired) electrons. The van der Waals surface area contributed by atoms with Crippen LogP contribution in [-0.2, 0) is 12.7 Å². The van der Waals surface area contributed by atoms with Gasteiger partial charge in [0.2, 0.25) is 0 Å². The van der Waals surface area contributed by atoms with Gasteiger partial charge in [0.1, 0.15) is 5.82 Å². The normalized spacial score (nSPS) is 11.6. The van der Waals surface area contributed by atoms with E-state index < -0.39 is 23.6 Å². The van der Waals surface area contributed by atoms with Crippen molar-refractivity contribution in [3.05, 3.63) is 88.5 Å². The predicted octanol–water partition coefficient (Wildman–Crippen LogP) is 5.14. The van der Waals surface area contributed by atoms with Gasteiger partial charge in [-0.1, -0.05) is 35.9 Å². The molecule has 1 N–H and O–H groups in total. The van der Waals surface area contributed by atoms with E-state index in [0.717, 1.165) is 6.07 Å². The number of fused-ring (bicyclic) bond motifs is 1. The minimum absolute atomic E-state index is 0.0581. The minimum atomic E-state index is -4.73. The Morgan fingerprint density at radius 2 is 1.71 bits per heavy atom. The molecule has 0 aliphatic carbocycles. The smallest absolute Gasteiger partial charge is 0.347 e. The molecular weight excluding hydrogens is 436 g/mol. The van der Waals surface area contributed by atoms with Crippen molar-refractivity contribution in [1.82, 2.24) is 19.9 Å². The lowest BCUT2D eigenvalue weighted by molar-refractivity contribution is -0.142. The van der Waals surface area contributed by atoms with Crippen molar-refractivity contribution in [1.29, 1.82) is 0 Å². The maximum atomic E-state index is 13.6. The molecule has 0 unspecified atom stereocenters. The molecule has 2 heterocycles. The maximum Gasteiger partial charge on any atom is 0.433 e. The Morgan fingerprint density at radius 3 is 2.35 bits per heavy atom. The number of alkyl halides is 3. The van der Waals surface area contributed by atoms with Crippen LogP contribution in [0.25, 0.3) is 16.9 Å². The molecule has 0 atom stereocenters. The zero-order valence-corrected chi connectivity index (χ0v) is 16.4. The number of carbonyl (C=O) groups is 1. The van der Waals surface area contributed by atoms with E-state index in [0.29, 0.717) is 20.7 Å². The lowest BCUT2D eigenvalue weighted by Gasteiger charge is -2.11. The Morgan fingerprint density at radius 1 is 1.03 bits per heavy atom. The summed E-state index contributed by atoms with van der Waals surface area (Å²) in [4.78, 5) is 16.6. The monoisotopic (exact) mass is 448 g/mol. The minimum Gasteiger partial charge on any atom is -0.347 e. The van der Waals surface area contributed by atoms with Crippen LogP contribution in [0.4, 0.5) is 17.6 Å². The molecule has 0 saturated carbocycles. The van der Waals surface area contributed by atoms with E-state index in [1.165, 1.54) is 30.3 Å². The van der Waals surface area contributed by atoms with Gasteiger partial charge in [-0.05, 0) is 35.9 Å². The molecule has 0 aliphatic rings. The number of nitrogens with zero attached hydrogens (tertiary/aromatic N) is 3. The zero-order valence-electron chi connectivity index (χ0n) is 15.6. The Kier molecular flexibility index (Phi) is 5.36. The van der Waals surface area contributed by atoms with E-state index in [1.807, 2.05) is 0 Å². The van der Waals surface area contributed by atoms with E-state index in [9.17, 15) is 22.4 Å². The summed E-state index contributed by atoms with van der Waals surface area (Å²) < 4.78 is 54.5. The van der Waals surface area contributed by atoms with Crippen LogP contribution in [-0.4, -0.2) is 20.5 Å². The Hall–Kier alpha value is -3.46. The van der Waals surface area contributed by atoms with E-state index in [-0.39, 0.29) is 23.6 Å². The van der Waals surface area contributed by atoms with Crippen LogP contribution in [0, 0.1) is 5.82 Å². The number of hydrogen-bond acceptors (Lipinski definition) is 3. The Balaban J connectivity index is 1.68. The molecule has 4 rings (SSSR count). The van der Waals surface area contributed by atoms with Crippen molar-refractivity contribution in [3.8, 4) is 11.3 Å². The Bertz CT molecular complexity index is 1250. The molecule has 10 heteroatoms. The second-order valence-electron chi connectivity index (χ2n) is 6.64. The van der Waals surface area contributed by atoms with E-state index >= 15 is 0 Å². The zero-order chi connectivity index (χ0) is 22.2. The summed E-state index contributed by atoms with van der Waals surface area (Å²) in [6, 6.07) is 13.7. The highest BCUT2D eigenvalue weighted by molar-refractivity contribution is 6.30. The number of halogens is 5. The summed E-state index contributed by atoms with van der Waals surface area (Å²) in [7, 11) is 0. The molecular formula is C21H13ClF4N4O. The van der Waals surface area contributed by atoms with Gasteiger partial charge in [-0.15, -0.1) is 0 Å². The van der Waals surface area contributed by atoms with Gasteiger partial charge in [0, 0.05) is 23.2 Å². The Labute approximate surface area is 178 Å². The quantitative estimate of drug-likeness (QED) is 0.440. The van der Waals surface area contributed by atoms with Crippen molar-refractivity contribution in [2.45, 2.75) is 12.7 Å². The van der Waals surface area contributed by atoms with E-state index in [1.54, 1.807) is 24.3 Å². The highest BCUT2D eigenvalue weighted by Gasteiger charge is 2.35. The predicted molar refractivity (Wildman–Crippen MR) is 106 cm³/mol. The molecule has 5 nitrogen and oxygen atoms in total. The van der Waals surface area contributed by atoms with Gasteiger partial charge in [-0.25, -0.2) is 13.9 Å². The lowest BCUT2D eigenvalue weighted by atomic mass is 10.1. The van der Waals surface area contributed by atoms with Crippen LogP contribution < -0.4 is 5.32 Å². The van der Waals surface area contributed by atoms with Crippen LogP contribution >= 0.6 is 11.6 Å². The molecule has 1 amide bonds. The van der Waals surface area contributed by atoms with Crippen molar-refractivity contribution in [3.63, 3.8) is 0 Å². The number of amides is 1. The first kappa shape index (κ1) is 20.8. The van der Waals surface area contributed by atoms with E-state index in [2.05, 4.69) is 15.4 Å². The molecule has 158 valence electrons. The number of nitrogens with one attached hydrogen (secondary N) is 1. The van der Waals surface area contributed by atoms with Gasteiger partial charge in [-0.3, -0.25) is 4.79 Å². The van der Waals surface area contributed by atoms with Crippen molar-refractivity contribution in [2.24, 2.45) is 0 Å². The van der Waals surface area contributed by atoms with Crippen LogP contribution in [0.2, 0.25) is 5.02 Å². The van der Waals surface area contributed by atoms with Crippen LogP contribution in [0.5, 0.6) is 0 Å². The molecule has 0 aliphatic heterocycles. The molecule has 2 aromatic heterocycles. The molecule has 0 saturated heterocycles. The molecule has 0 bridgehead atoms. The fourth-order valence-corrected chi connectivity index (χ4v) is 3.06. The average molecular weight is 449 g/mol. The SMILES string of the molecule is O=C(NCc1ccc(F)cc1)c1cc2nc(-c3ccc(Cl)cc3)cc(C(F)(F)F)n2n1. The molecule has 0 spiro atoms. The third-order valence-corrected chi connectivity index (χ3v) is 4.71. The summed E-state index contributed by atoms with van der Waals surface area (Å²) in [5, 5.41) is 6.78. The van der Waals surface area contributed by atoms with Crippen LogP contribution in [0.3, 0.4) is 0 Å². The second-order valence-corrected chi connectivity index (χ2v) is 7.08. The molecule has 4 aromatic rings. The first-order valence-corrected chi connectivity index (χ1v) is 9.35. The summed E-state index contributed by atoms with van der Waals surface area (Å²) in [6.45, 7) is 0.0581. The van der Waals surface area contributed by atoms with E-state index in [4.69, 9.17) is 11.6 Å². The van der Waals surface area contributed by atoms with Gasteiger partial charge in [0.25, 0.3) is 5.91 Å². The topological polar surface area (TPSA) is 59.3 Å². The number of rotatable bonds is 4. The lowest BCUT2D eigenvalue weighted by Crippen LogP contribution is -2.23. The number of carbonyl (C=O) groups excluding carboxylic acids is 1. The van der Waals surface area contributed by atoms with Crippen molar-refractivity contribution < 1.29 is 22.4 Å². The van der Waals surface area contributed by atoms with Gasteiger partial charge in [0.05, 0.1) is 5.69 Å². The average Bonchev–Trinajstić information content (AvgIpc) is 3.16. The molecule has 0 fully saturated rings. The summed E-state index contributed by atoms with van der Waals surface area (Å²) in [5.74, 6) is -1.10. The maximum absolute atomic E-state index is 13.6. The largest absolute Gasteiger partial charge is 0.433 e. The van der Waals surface area contributed by atoms with Crippen molar-refractivity contribution in [2.75, 3.05) is 0 Å². The fourth-order valence-electron chi connectivity index (χ4n) is 2.93. The summed E-state index contributed by atoms with van der Waals surface area (Å²) in [6.07, 6.45) is -4.73. The molecule has 31 heavy (non-hydrogen) atoms. The third kappa shape index (κ3) is 4.51. The highest BCUT2D eigenvalue weighted by atomic mass is 35.5. The van der Waals surface area contributed by atoms with Crippen molar-refractivity contribution >= 4 is 23.2 Å². The summed E-state index contributed by atoms with van der Waals surface area (Å²) >= 11 is 5.84. The number of hydrogen-bond donors (Lipinski definition) is 1. The first-order chi connectivity index (χ1) is 14.7. The fraction of sp³-hybridized carbons (Fsp3) is 0.0952. The first-order valence-electron chi connectivity index (χ1n) is 8.97. The highest BCUT2D eigenvalue weighted by Crippen LogP contribution is 2.32. The second kappa shape index (κ2) is 7.99.